The zero-order valence-electron chi connectivity index (χ0n) is 17.6. The van der Waals surface area contributed by atoms with Gasteiger partial charge in [0.15, 0.2) is 6.61 Å². The summed E-state index contributed by atoms with van der Waals surface area (Å²) >= 11 is 5.90. The zero-order chi connectivity index (χ0) is 20.9. The van der Waals surface area contributed by atoms with Crippen LogP contribution in [0.3, 0.4) is 0 Å². The monoisotopic (exact) mass is 443 g/mol. The number of carbonyl (C=O) groups excluding carboxylic acids is 2. The molecule has 29 heavy (non-hydrogen) atoms. The molecule has 0 saturated carbocycles. The lowest BCUT2D eigenvalue weighted by Crippen LogP contribution is -2.47. The Balaban J connectivity index is 0.00000420. The van der Waals surface area contributed by atoms with E-state index >= 15 is 0 Å². The van der Waals surface area contributed by atoms with Crippen LogP contribution in [0.5, 0.6) is 5.75 Å². The summed E-state index contributed by atoms with van der Waals surface area (Å²) in [5.41, 5.74) is 1.06. The van der Waals surface area contributed by atoms with E-state index in [0.29, 0.717) is 30.3 Å². The van der Waals surface area contributed by atoms with Gasteiger partial charge in [0.2, 0.25) is 5.91 Å². The number of nitrogens with one attached hydrogen (secondary N) is 3. The molecule has 1 heterocycles. The molecule has 2 amide bonds. The van der Waals surface area contributed by atoms with Crippen LogP contribution in [0.4, 0.5) is 0 Å². The number of rotatable bonds is 8. The minimum Gasteiger partial charge on any atom is -0.484 e. The molecule has 1 aliphatic heterocycles. The summed E-state index contributed by atoms with van der Waals surface area (Å²) in [5, 5.41) is 9.76. The third-order valence-electron chi connectivity index (χ3n) is 4.51. The summed E-state index contributed by atoms with van der Waals surface area (Å²) < 4.78 is 5.50. The van der Waals surface area contributed by atoms with Crippen LogP contribution in [0.25, 0.3) is 0 Å². The van der Waals surface area contributed by atoms with Gasteiger partial charge in [-0.3, -0.25) is 14.9 Å². The first kappa shape index (κ1) is 25.3. The molecule has 0 spiro atoms. The second kappa shape index (κ2) is 10.3. The van der Waals surface area contributed by atoms with E-state index in [1.807, 2.05) is 40.7 Å². The number of ether oxygens (including phenoxy) is 1. The number of hydrogen-bond acceptors (Lipinski definition) is 4. The Morgan fingerprint density at radius 1 is 1.14 bits per heavy atom. The van der Waals surface area contributed by atoms with E-state index in [-0.39, 0.29) is 41.9 Å². The molecule has 2 rings (SSSR count). The summed E-state index contributed by atoms with van der Waals surface area (Å²) in [5.74, 6) is 0.359. The third kappa shape index (κ3) is 7.53. The van der Waals surface area contributed by atoms with E-state index in [9.17, 15) is 9.59 Å². The molecule has 0 atom stereocenters. The summed E-state index contributed by atoms with van der Waals surface area (Å²) in [7, 11) is 0. The van der Waals surface area contributed by atoms with Gasteiger partial charge in [0.05, 0.1) is 0 Å². The van der Waals surface area contributed by atoms with Crippen LogP contribution in [-0.4, -0.2) is 42.6 Å². The molecule has 1 aliphatic rings. The highest BCUT2D eigenvalue weighted by Crippen LogP contribution is 2.29. The van der Waals surface area contributed by atoms with Gasteiger partial charge in [-0.25, -0.2) is 0 Å². The second-order valence-electron chi connectivity index (χ2n) is 8.19. The molecule has 0 fully saturated rings. The Morgan fingerprint density at radius 2 is 1.79 bits per heavy atom. The van der Waals surface area contributed by atoms with Crippen LogP contribution in [0.1, 0.15) is 39.7 Å². The Morgan fingerprint density at radius 3 is 2.38 bits per heavy atom. The van der Waals surface area contributed by atoms with Crippen LogP contribution in [0.15, 0.2) is 29.8 Å². The fourth-order valence-electron chi connectivity index (χ4n) is 3.38. The Labute approximate surface area is 184 Å². The zero-order valence-corrected chi connectivity index (χ0v) is 19.2. The highest BCUT2D eigenvalue weighted by Gasteiger charge is 2.39. The molecule has 1 aromatic carbocycles. The molecule has 0 unspecified atom stereocenters. The van der Waals surface area contributed by atoms with Crippen molar-refractivity contribution in [3.8, 4) is 5.75 Å². The van der Waals surface area contributed by atoms with Gasteiger partial charge in [-0.1, -0.05) is 17.7 Å². The lowest BCUT2D eigenvalue weighted by atomic mass is 9.96. The smallest absolute Gasteiger partial charge is 0.257 e. The standard InChI is InChI=1S/C21H30ClN3O3.ClH/c1-14-11-15(22)7-8-17(14)28-13-18(26)23-9-6-10-24-19(27)16-12-20(2,3)25-21(16,4)5;/h7-8,11-12,25H,6,9-10,13H2,1-5H3,(H,23,26)(H,24,27);1H. The number of benzene rings is 1. The van der Waals surface area contributed by atoms with E-state index in [2.05, 4.69) is 16.0 Å². The van der Waals surface area contributed by atoms with Gasteiger partial charge in [-0.15, -0.1) is 12.4 Å². The fraction of sp³-hybridized carbons (Fsp3) is 0.524. The van der Waals surface area contributed by atoms with Crippen LogP contribution in [-0.2, 0) is 9.59 Å². The maximum atomic E-state index is 12.4. The maximum absolute atomic E-state index is 12.4. The topological polar surface area (TPSA) is 79.5 Å². The Bertz CT molecular complexity index is 776. The number of halogens is 2. The van der Waals surface area contributed by atoms with Crippen LogP contribution in [0, 0.1) is 6.92 Å². The molecular weight excluding hydrogens is 413 g/mol. The van der Waals surface area contributed by atoms with Gasteiger partial charge in [0, 0.05) is 34.8 Å². The highest BCUT2D eigenvalue weighted by molar-refractivity contribution is 6.30. The average molecular weight is 444 g/mol. The summed E-state index contributed by atoms with van der Waals surface area (Å²) in [4.78, 5) is 24.3. The van der Waals surface area contributed by atoms with Crippen molar-refractivity contribution >= 4 is 35.8 Å². The van der Waals surface area contributed by atoms with E-state index < -0.39 is 0 Å². The molecule has 8 heteroatoms. The van der Waals surface area contributed by atoms with Crippen molar-refractivity contribution in [2.24, 2.45) is 0 Å². The first-order valence-corrected chi connectivity index (χ1v) is 9.84. The third-order valence-corrected chi connectivity index (χ3v) is 4.75. The predicted octanol–water partition coefficient (Wildman–Crippen LogP) is 3.16. The second-order valence-corrected chi connectivity index (χ2v) is 8.62. The van der Waals surface area contributed by atoms with Crippen molar-refractivity contribution in [3.05, 3.63) is 40.4 Å². The molecule has 0 radical (unpaired) electrons. The SMILES string of the molecule is Cc1cc(Cl)ccc1OCC(=O)NCCCNC(=O)C1=CC(C)(C)NC1(C)C.Cl. The van der Waals surface area contributed by atoms with Gasteiger partial charge in [-0.05, 0) is 64.8 Å². The van der Waals surface area contributed by atoms with Crippen molar-refractivity contribution < 1.29 is 14.3 Å². The van der Waals surface area contributed by atoms with Crippen molar-refractivity contribution in [2.75, 3.05) is 19.7 Å². The van der Waals surface area contributed by atoms with Gasteiger partial charge in [0.1, 0.15) is 5.75 Å². The molecule has 162 valence electrons. The molecule has 0 aliphatic carbocycles. The predicted molar refractivity (Wildman–Crippen MR) is 119 cm³/mol. The molecule has 0 bridgehead atoms. The normalized spacial score (nSPS) is 16.4. The quantitative estimate of drug-likeness (QED) is 0.539. The maximum Gasteiger partial charge on any atom is 0.257 e. The van der Waals surface area contributed by atoms with E-state index in [1.165, 1.54) is 0 Å². The van der Waals surface area contributed by atoms with E-state index in [4.69, 9.17) is 16.3 Å². The number of hydrogen-bond donors (Lipinski definition) is 3. The van der Waals surface area contributed by atoms with Crippen LogP contribution in [0.2, 0.25) is 5.02 Å². The first-order chi connectivity index (χ1) is 13.0. The number of aryl methyl sites for hydroxylation is 1. The van der Waals surface area contributed by atoms with Gasteiger partial charge >= 0.3 is 0 Å². The average Bonchev–Trinajstić information content (AvgIpc) is 2.81. The van der Waals surface area contributed by atoms with E-state index in [0.717, 1.165) is 11.1 Å². The molecule has 0 saturated heterocycles. The first-order valence-electron chi connectivity index (χ1n) is 9.47. The van der Waals surface area contributed by atoms with Gasteiger partial charge < -0.3 is 15.4 Å². The Kier molecular flexibility index (Phi) is 9.00. The lowest BCUT2D eigenvalue weighted by molar-refractivity contribution is -0.123. The minimum absolute atomic E-state index is 0. The minimum atomic E-state index is -0.362. The van der Waals surface area contributed by atoms with Crippen molar-refractivity contribution in [3.63, 3.8) is 0 Å². The van der Waals surface area contributed by atoms with Gasteiger partial charge in [0.25, 0.3) is 5.91 Å². The van der Waals surface area contributed by atoms with Crippen molar-refractivity contribution in [2.45, 2.75) is 52.1 Å². The largest absolute Gasteiger partial charge is 0.484 e. The highest BCUT2D eigenvalue weighted by atomic mass is 35.5. The number of amides is 2. The molecule has 1 aromatic rings. The summed E-state index contributed by atoms with van der Waals surface area (Å²) in [6.45, 7) is 10.8. The van der Waals surface area contributed by atoms with Crippen LogP contribution < -0.4 is 20.7 Å². The Hall–Kier alpha value is -1.76. The summed E-state index contributed by atoms with van der Waals surface area (Å²) in [6, 6.07) is 5.26. The van der Waals surface area contributed by atoms with Gasteiger partial charge in [-0.2, -0.15) is 0 Å². The van der Waals surface area contributed by atoms with E-state index in [1.54, 1.807) is 18.2 Å². The van der Waals surface area contributed by atoms with Crippen molar-refractivity contribution in [1.82, 2.24) is 16.0 Å². The molecule has 3 N–H and O–H groups in total. The van der Waals surface area contributed by atoms with Crippen molar-refractivity contribution in [1.29, 1.82) is 0 Å². The number of carbonyl (C=O) groups is 2. The molecule has 0 aromatic heterocycles. The lowest BCUT2D eigenvalue weighted by Gasteiger charge is -2.27. The summed E-state index contributed by atoms with van der Waals surface area (Å²) in [6.07, 6.45) is 2.61. The van der Waals surface area contributed by atoms with Crippen LogP contribution >= 0.6 is 24.0 Å². The molecular formula is C21H31Cl2N3O3. The fourth-order valence-corrected chi connectivity index (χ4v) is 3.61. The molecule has 6 nitrogen and oxygen atoms in total.